The van der Waals surface area contributed by atoms with Gasteiger partial charge in [-0.3, -0.25) is 4.79 Å². The van der Waals surface area contributed by atoms with E-state index in [4.69, 9.17) is 4.74 Å². The molecule has 0 spiro atoms. The molecule has 0 saturated carbocycles. The van der Waals surface area contributed by atoms with Crippen LogP contribution in [0.5, 0.6) is 5.75 Å². The number of sulfonamides is 1. The number of hydrogen-bond acceptors (Lipinski definition) is 4. The summed E-state index contributed by atoms with van der Waals surface area (Å²) in [7, 11) is -3.77. The predicted octanol–water partition coefficient (Wildman–Crippen LogP) is 4.14. The molecule has 1 aliphatic rings. The lowest BCUT2D eigenvalue weighted by molar-refractivity contribution is -0.124. The number of aryl methyl sites for hydroxylation is 1. The van der Waals surface area contributed by atoms with Crippen molar-refractivity contribution in [1.82, 2.24) is 9.62 Å². The van der Waals surface area contributed by atoms with E-state index in [2.05, 4.69) is 12.2 Å². The Morgan fingerprint density at radius 2 is 1.82 bits per heavy atom. The van der Waals surface area contributed by atoms with Crippen molar-refractivity contribution in [3.63, 3.8) is 0 Å². The third-order valence-corrected chi connectivity index (χ3v) is 7.87. The molecule has 7 heteroatoms. The highest BCUT2D eigenvalue weighted by Crippen LogP contribution is 2.28. The largest absolute Gasteiger partial charge is 0.492 e. The van der Waals surface area contributed by atoms with Crippen LogP contribution in [0.3, 0.4) is 0 Å². The van der Waals surface area contributed by atoms with Crippen molar-refractivity contribution < 1.29 is 17.9 Å². The lowest BCUT2D eigenvalue weighted by atomic mass is 10.1. The smallest absolute Gasteiger partial charge is 0.243 e. The molecule has 0 unspecified atom stereocenters. The number of nitrogens with zero attached hydrogens (tertiary/aromatic N) is 1. The topological polar surface area (TPSA) is 75.7 Å². The molecular formula is C26H30N2O4S. The zero-order valence-corrected chi connectivity index (χ0v) is 19.7. The Morgan fingerprint density at radius 1 is 1.06 bits per heavy atom. The van der Waals surface area contributed by atoms with E-state index in [1.807, 2.05) is 48.5 Å². The molecule has 3 aromatic carbocycles. The van der Waals surface area contributed by atoms with Gasteiger partial charge in [-0.2, -0.15) is 4.31 Å². The van der Waals surface area contributed by atoms with Gasteiger partial charge in [0.25, 0.3) is 0 Å². The molecule has 0 bridgehead atoms. The summed E-state index contributed by atoms with van der Waals surface area (Å²) >= 11 is 0. The molecule has 1 aliphatic heterocycles. The first-order valence-corrected chi connectivity index (χ1v) is 12.9. The number of fused-ring (bicyclic) bond motifs is 1. The van der Waals surface area contributed by atoms with Gasteiger partial charge < -0.3 is 10.1 Å². The summed E-state index contributed by atoms with van der Waals surface area (Å²) in [6.07, 6.45) is 3.31. The lowest BCUT2D eigenvalue weighted by Gasteiger charge is -2.23. The molecule has 1 fully saturated rings. The standard InChI is InChI=1S/C26H30N2O4S/c1-2-6-20-10-13-23(14-11-20)32-18-16-27-26(29)25-9-5-17-28(25)33(30,31)24-15-12-21-7-3-4-8-22(21)19-24/h3-4,7-8,10-15,19,25H,2,5-6,9,16-18H2,1H3,(H,27,29)/t25-/m0/s1. The first-order chi connectivity index (χ1) is 16.0. The Balaban J connectivity index is 1.35. The van der Waals surface area contributed by atoms with Crippen LogP contribution in [0, 0.1) is 0 Å². The van der Waals surface area contributed by atoms with Crippen LogP contribution < -0.4 is 10.1 Å². The highest BCUT2D eigenvalue weighted by Gasteiger charge is 2.39. The highest BCUT2D eigenvalue weighted by molar-refractivity contribution is 7.89. The van der Waals surface area contributed by atoms with Crippen LogP contribution in [-0.4, -0.2) is 44.4 Å². The molecule has 1 amide bonds. The maximum absolute atomic E-state index is 13.3. The summed E-state index contributed by atoms with van der Waals surface area (Å²) < 4.78 is 33.6. The number of amides is 1. The van der Waals surface area contributed by atoms with E-state index >= 15 is 0 Å². The Kier molecular flexibility index (Phi) is 7.30. The fourth-order valence-corrected chi connectivity index (χ4v) is 5.95. The van der Waals surface area contributed by atoms with Gasteiger partial charge in [-0.05, 0) is 59.9 Å². The fourth-order valence-electron chi connectivity index (χ4n) is 4.26. The Labute approximate surface area is 195 Å². The van der Waals surface area contributed by atoms with E-state index in [0.717, 1.165) is 29.4 Å². The van der Waals surface area contributed by atoms with Gasteiger partial charge >= 0.3 is 0 Å². The van der Waals surface area contributed by atoms with Crippen LogP contribution >= 0.6 is 0 Å². The molecule has 0 aromatic heterocycles. The second-order valence-electron chi connectivity index (χ2n) is 8.32. The van der Waals surface area contributed by atoms with E-state index in [0.29, 0.717) is 32.5 Å². The number of benzene rings is 3. The molecule has 0 aliphatic carbocycles. The van der Waals surface area contributed by atoms with Crippen molar-refractivity contribution in [2.24, 2.45) is 0 Å². The van der Waals surface area contributed by atoms with Crippen LogP contribution in [-0.2, 0) is 21.2 Å². The van der Waals surface area contributed by atoms with Crippen LogP contribution in [0.15, 0.2) is 71.6 Å². The number of carbonyl (C=O) groups excluding carboxylic acids is 1. The van der Waals surface area contributed by atoms with E-state index in [9.17, 15) is 13.2 Å². The minimum absolute atomic E-state index is 0.218. The summed E-state index contributed by atoms with van der Waals surface area (Å²) in [5, 5.41) is 4.68. The SMILES string of the molecule is CCCc1ccc(OCCNC(=O)[C@@H]2CCCN2S(=O)(=O)c2ccc3ccccc3c2)cc1. The summed E-state index contributed by atoms with van der Waals surface area (Å²) in [5.41, 5.74) is 1.27. The molecule has 1 heterocycles. The van der Waals surface area contributed by atoms with Crippen LogP contribution in [0.4, 0.5) is 0 Å². The minimum Gasteiger partial charge on any atom is -0.492 e. The van der Waals surface area contributed by atoms with Gasteiger partial charge in [0.1, 0.15) is 18.4 Å². The number of rotatable bonds is 9. The fraction of sp³-hybridized carbons (Fsp3) is 0.346. The van der Waals surface area contributed by atoms with E-state index in [1.165, 1.54) is 9.87 Å². The van der Waals surface area contributed by atoms with Crippen molar-refractivity contribution in [3.8, 4) is 5.75 Å². The first-order valence-electron chi connectivity index (χ1n) is 11.5. The molecule has 1 atom stereocenters. The minimum atomic E-state index is -3.77. The van der Waals surface area contributed by atoms with Crippen LogP contribution in [0.1, 0.15) is 31.7 Å². The second-order valence-corrected chi connectivity index (χ2v) is 10.2. The van der Waals surface area contributed by atoms with Gasteiger partial charge in [-0.15, -0.1) is 0 Å². The van der Waals surface area contributed by atoms with Crippen molar-refractivity contribution in [1.29, 1.82) is 0 Å². The maximum Gasteiger partial charge on any atom is 0.243 e. The average Bonchev–Trinajstić information content (AvgIpc) is 3.34. The third-order valence-electron chi connectivity index (χ3n) is 5.97. The third kappa shape index (κ3) is 5.37. The van der Waals surface area contributed by atoms with E-state index in [1.54, 1.807) is 18.2 Å². The van der Waals surface area contributed by atoms with Gasteiger partial charge in [0.15, 0.2) is 0 Å². The monoisotopic (exact) mass is 466 g/mol. The van der Waals surface area contributed by atoms with Gasteiger partial charge in [0.2, 0.25) is 15.9 Å². The van der Waals surface area contributed by atoms with Crippen molar-refractivity contribution in [2.75, 3.05) is 19.7 Å². The number of ether oxygens (including phenoxy) is 1. The molecule has 0 radical (unpaired) electrons. The maximum atomic E-state index is 13.3. The van der Waals surface area contributed by atoms with Crippen molar-refractivity contribution in [2.45, 2.75) is 43.5 Å². The quantitative estimate of drug-likeness (QED) is 0.481. The molecule has 4 rings (SSSR count). The molecule has 174 valence electrons. The average molecular weight is 467 g/mol. The van der Waals surface area contributed by atoms with Crippen LogP contribution in [0.2, 0.25) is 0 Å². The summed E-state index contributed by atoms with van der Waals surface area (Å²) in [6.45, 7) is 3.12. The molecule has 33 heavy (non-hydrogen) atoms. The van der Waals surface area contributed by atoms with Crippen molar-refractivity contribution >= 4 is 26.7 Å². The zero-order valence-electron chi connectivity index (χ0n) is 18.9. The lowest BCUT2D eigenvalue weighted by Crippen LogP contribution is -2.46. The van der Waals surface area contributed by atoms with Gasteiger partial charge in [-0.1, -0.05) is 55.8 Å². The second kappa shape index (κ2) is 10.4. The molecule has 6 nitrogen and oxygen atoms in total. The number of hydrogen-bond donors (Lipinski definition) is 1. The van der Waals surface area contributed by atoms with Gasteiger partial charge in [0.05, 0.1) is 11.4 Å². The zero-order chi connectivity index (χ0) is 23.3. The van der Waals surface area contributed by atoms with Crippen molar-refractivity contribution in [3.05, 3.63) is 72.3 Å². The van der Waals surface area contributed by atoms with Crippen LogP contribution in [0.25, 0.3) is 10.8 Å². The highest BCUT2D eigenvalue weighted by atomic mass is 32.2. The van der Waals surface area contributed by atoms with E-state index in [-0.39, 0.29) is 10.8 Å². The molecule has 3 aromatic rings. The molecule has 1 saturated heterocycles. The Morgan fingerprint density at radius 3 is 2.58 bits per heavy atom. The first kappa shape index (κ1) is 23.3. The number of carbonyl (C=O) groups is 1. The van der Waals surface area contributed by atoms with Gasteiger partial charge in [-0.25, -0.2) is 8.42 Å². The summed E-state index contributed by atoms with van der Waals surface area (Å²) in [4.78, 5) is 13.0. The normalized spacial score (nSPS) is 16.7. The molecular weight excluding hydrogens is 436 g/mol. The molecule has 1 N–H and O–H groups in total. The summed E-state index contributed by atoms with van der Waals surface area (Å²) in [6, 6.07) is 20.0. The van der Waals surface area contributed by atoms with Gasteiger partial charge in [0, 0.05) is 6.54 Å². The van der Waals surface area contributed by atoms with E-state index < -0.39 is 16.1 Å². The predicted molar refractivity (Wildman–Crippen MR) is 130 cm³/mol. The Hall–Kier alpha value is -2.90. The number of nitrogens with one attached hydrogen (secondary N) is 1. The summed E-state index contributed by atoms with van der Waals surface area (Å²) in [5.74, 6) is 0.476. The Bertz CT molecular complexity index is 1210.